The highest BCUT2D eigenvalue weighted by atomic mass is 35.6. The minimum atomic E-state index is -1.89. The van der Waals surface area contributed by atoms with E-state index < -0.39 is 9.70 Å². The largest absolute Gasteiger partial charge is 0.350 e. The van der Waals surface area contributed by atoms with Crippen LogP contribution in [0.15, 0.2) is 30.3 Å². The highest BCUT2D eigenvalue weighted by molar-refractivity contribution is 6.76. The van der Waals surface area contributed by atoms with Gasteiger partial charge in [0.15, 0.2) is 0 Å². The molecule has 0 saturated heterocycles. The molecule has 0 saturated carbocycles. The van der Waals surface area contributed by atoms with Crippen LogP contribution in [0.5, 0.6) is 0 Å². The summed E-state index contributed by atoms with van der Waals surface area (Å²) in [6.07, 6.45) is 1.68. The quantitative estimate of drug-likeness (QED) is 0.846. The molecule has 0 aliphatic heterocycles. The monoisotopic (exact) mass is 293 g/mol. The highest BCUT2D eigenvalue weighted by Gasteiger charge is 2.31. The van der Waals surface area contributed by atoms with E-state index in [-0.39, 0.29) is 6.04 Å². The Balaban J connectivity index is 2.36. The van der Waals surface area contributed by atoms with E-state index in [2.05, 4.69) is 5.32 Å². The summed E-state index contributed by atoms with van der Waals surface area (Å²) in [5.74, 6) is -0.580. The number of nitrogens with one attached hydrogen (secondary N) is 1. The van der Waals surface area contributed by atoms with Crippen molar-refractivity contribution in [3.05, 3.63) is 35.9 Å². The number of halogens is 3. The zero-order valence-corrected chi connectivity index (χ0v) is 11.7. The summed E-state index contributed by atoms with van der Waals surface area (Å²) < 4.78 is -1.89. The fourth-order valence-corrected chi connectivity index (χ4v) is 1.57. The van der Waals surface area contributed by atoms with Gasteiger partial charge in [-0.1, -0.05) is 65.1 Å². The van der Waals surface area contributed by atoms with E-state index in [0.29, 0.717) is 0 Å². The summed E-state index contributed by atoms with van der Waals surface area (Å²) in [6, 6.07) is 10.0. The third-order valence-corrected chi connectivity index (χ3v) is 2.86. The molecular formula is C12H14Cl3NO. The molecular weight excluding hydrogens is 280 g/mol. The predicted molar refractivity (Wildman–Crippen MR) is 72.7 cm³/mol. The molecule has 17 heavy (non-hydrogen) atoms. The second-order valence-corrected chi connectivity index (χ2v) is 6.18. The van der Waals surface area contributed by atoms with Crippen LogP contribution in [0.3, 0.4) is 0 Å². The number of benzene rings is 1. The Morgan fingerprint density at radius 3 is 2.41 bits per heavy atom. The van der Waals surface area contributed by atoms with Gasteiger partial charge in [-0.3, -0.25) is 4.79 Å². The molecule has 0 spiro atoms. The first-order valence-electron chi connectivity index (χ1n) is 5.31. The molecule has 0 bridgehead atoms. The van der Waals surface area contributed by atoms with Gasteiger partial charge in [-0.05, 0) is 25.3 Å². The lowest BCUT2D eigenvalue weighted by molar-refractivity contribution is -0.120. The van der Waals surface area contributed by atoms with Crippen LogP contribution < -0.4 is 5.32 Å². The topological polar surface area (TPSA) is 29.1 Å². The van der Waals surface area contributed by atoms with Crippen LogP contribution in [0.2, 0.25) is 0 Å². The van der Waals surface area contributed by atoms with Crippen molar-refractivity contribution in [2.45, 2.75) is 29.6 Å². The smallest absolute Gasteiger partial charge is 0.272 e. The average molecular weight is 295 g/mol. The maximum absolute atomic E-state index is 11.4. The molecule has 1 aromatic carbocycles. The number of hydrogen-bond acceptors (Lipinski definition) is 1. The summed E-state index contributed by atoms with van der Waals surface area (Å²) in [5, 5.41) is 2.66. The van der Waals surface area contributed by atoms with E-state index in [1.807, 2.05) is 37.3 Å². The molecule has 5 heteroatoms. The van der Waals surface area contributed by atoms with Gasteiger partial charge in [-0.15, -0.1) is 0 Å². The van der Waals surface area contributed by atoms with Crippen LogP contribution in [0.25, 0.3) is 0 Å². The zero-order valence-electron chi connectivity index (χ0n) is 9.42. The van der Waals surface area contributed by atoms with Crippen molar-refractivity contribution in [2.24, 2.45) is 0 Å². The molecule has 0 aliphatic rings. The number of alkyl halides is 3. The van der Waals surface area contributed by atoms with Crippen molar-refractivity contribution in [3.8, 4) is 0 Å². The fraction of sp³-hybridized carbons (Fsp3) is 0.417. The van der Waals surface area contributed by atoms with Gasteiger partial charge in [0.25, 0.3) is 9.70 Å². The normalized spacial score (nSPS) is 13.2. The molecule has 0 aromatic heterocycles. The minimum absolute atomic E-state index is 0.0293. The van der Waals surface area contributed by atoms with Crippen LogP contribution in [0.4, 0.5) is 0 Å². The van der Waals surface area contributed by atoms with E-state index >= 15 is 0 Å². The minimum Gasteiger partial charge on any atom is -0.350 e. The third-order valence-electron chi connectivity index (χ3n) is 2.34. The molecule has 0 fully saturated rings. The Labute approximate surface area is 116 Å². The van der Waals surface area contributed by atoms with E-state index in [4.69, 9.17) is 34.8 Å². The average Bonchev–Trinajstić information content (AvgIpc) is 2.26. The number of carbonyl (C=O) groups excluding carboxylic acids is 1. The first kappa shape index (κ1) is 14.6. The number of rotatable bonds is 4. The van der Waals surface area contributed by atoms with Gasteiger partial charge >= 0.3 is 0 Å². The lowest BCUT2D eigenvalue weighted by atomic mass is 10.1. The van der Waals surface area contributed by atoms with Crippen LogP contribution >= 0.6 is 34.8 Å². The van der Waals surface area contributed by atoms with Crippen LogP contribution in [-0.4, -0.2) is 15.7 Å². The number of aryl methyl sites for hydroxylation is 1. The lowest BCUT2D eigenvalue weighted by Crippen LogP contribution is -2.40. The molecule has 0 aliphatic carbocycles. The molecule has 1 unspecified atom stereocenters. The Morgan fingerprint density at radius 2 is 1.88 bits per heavy atom. The van der Waals surface area contributed by atoms with Crippen molar-refractivity contribution in [1.29, 1.82) is 0 Å². The third kappa shape index (κ3) is 5.62. The summed E-state index contributed by atoms with van der Waals surface area (Å²) in [7, 11) is 0. The molecule has 0 heterocycles. The van der Waals surface area contributed by atoms with Gasteiger partial charge in [0.05, 0.1) is 0 Å². The second kappa shape index (κ2) is 6.48. The predicted octanol–water partition coefficient (Wildman–Crippen LogP) is 3.49. The van der Waals surface area contributed by atoms with Gasteiger partial charge in [-0.25, -0.2) is 0 Å². The molecule has 1 rings (SSSR count). The van der Waals surface area contributed by atoms with Gasteiger partial charge in [0.2, 0.25) is 0 Å². The molecule has 94 valence electrons. The second-order valence-electron chi connectivity index (χ2n) is 3.90. The zero-order chi connectivity index (χ0) is 12.9. The van der Waals surface area contributed by atoms with Crippen molar-refractivity contribution in [1.82, 2.24) is 5.32 Å². The number of carbonyl (C=O) groups is 1. The van der Waals surface area contributed by atoms with Crippen molar-refractivity contribution < 1.29 is 4.79 Å². The number of hydrogen-bond donors (Lipinski definition) is 1. The Kier molecular flexibility index (Phi) is 5.57. The Hall–Kier alpha value is -0.440. The maximum atomic E-state index is 11.4. The van der Waals surface area contributed by atoms with Crippen LogP contribution in [0, 0.1) is 0 Å². The van der Waals surface area contributed by atoms with Gasteiger partial charge in [-0.2, -0.15) is 0 Å². The van der Waals surface area contributed by atoms with Crippen molar-refractivity contribution in [2.75, 3.05) is 0 Å². The van der Waals surface area contributed by atoms with Crippen molar-refractivity contribution >= 4 is 40.7 Å². The fourth-order valence-electron chi connectivity index (χ4n) is 1.41. The summed E-state index contributed by atoms with van der Waals surface area (Å²) in [4.78, 5) is 11.4. The molecule has 2 nitrogen and oxygen atoms in total. The standard InChI is InChI=1S/C12H14Cl3NO/c1-9(16-11(17)12(13,14)15)7-8-10-5-3-2-4-6-10/h2-6,9H,7-8H2,1H3,(H,16,17). The summed E-state index contributed by atoms with van der Waals surface area (Å²) in [6.45, 7) is 1.89. The van der Waals surface area contributed by atoms with E-state index in [1.165, 1.54) is 5.56 Å². The summed E-state index contributed by atoms with van der Waals surface area (Å²) in [5.41, 5.74) is 1.22. The number of amides is 1. The highest BCUT2D eigenvalue weighted by Crippen LogP contribution is 2.26. The van der Waals surface area contributed by atoms with Gasteiger partial charge < -0.3 is 5.32 Å². The first-order valence-corrected chi connectivity index (χ1v) is 6.44. The van der Waals surface area contributed by atoms with E-state index in [0.717, 1.165) is 12.8 Å². The summed E-state index contributed by atoms with van der Waals surface area (Å²) >= 11 is 16.4. The molecule has 0 radical (unpaired) electrons. The molecule has 1 N–H and O–H groups in total. The van der Waals surface area contributed by atoms with Crippen molar-refractivity contribution in [3.63, 3.8) is 0 Å². The Bertz CT molecular complexity index is 362. The van der Waals surface area contributed by atoms with Crippen LogP contribution in [-0.2, 0) is 11.2 Å². The van der Waals surface area contributed by atoms with Gasteiger partial charge in [0, 0.05) is 6.04 Å². The SMILES string of the molecule is CC(CCc1ccccc1)NC(=O)C(Cl)(Cl)Cl. The molecule has 1 amide bonds. The van der Waals surface area contributed by atoms with Crippen LogP contribution in [0.1, 0.15) is 18.9 Å². The van der Waals surface area contributed by atoms with E-state index in [9.17, 15) is 4.79 Å². The molecule has 1 aromatic rings. The van der Waals surface area contributed by atoms with E-state index in [1.54, 1.807) is 0 Å². The van der Waals surface area contributed by atoms with Gasteiger partial charge in [0.1, 0.15) is 0 Å². The lowest BCUT2D eigenvalue weighted by Gasteiger charge is -2.17. The maximum Gasteiger partial charge on any atom is 0.272 e. The first-order chi connectivity index (χ1) is 7.89. The molecule has 1 atom stereocenters. The Morgan fingerprint density at radius 1 is 1.29 bits per heavy atom.